The summed E-state index contributed by atoms with van der Waals surface area (Å²) in [5.74, 6) is -1.87. The van der Waals surface area contributed by atoms with Crippen LogP contribution in [-0.4, -0.2) is 43.6 Å². The standard InChI is InChI=1S/C11H8BF6N3O2S/c1-20(2)24(22,23)21-8-4-6(12)5(10(13,14)15)3-7(8)19-9(21)11(16,17)18/h3-4H,1-2H3. The number of fused-ring (bicyclic) bond motifs is 1. The first-order chi connectivity index (χ1) is 10.7. The zero-order valence-corrected chi connectivity index (χ0v) is 12.9. The maximum atomic E-state index is 13.1. The van der Waals surface area contributed by atoms with E-state index in [2.05, 4.69) is 4.98 Å². The van der Waals surface area contributed by atoms with Crippen LogP contribution in [0.2, 0.25) is 0 Å². The Balaban J connectivity index is 2.97. The summed E-state index contributed by atoms with van der Waals surface area (Å²) in [5, 5.41) is 0. The van der Waals surface area contributed by atoms with Crippen molar-refractivity contribution in [3.63, 3.8) is 0 Å². The lowest BCUT2D eigenvalue weighted by molar-refractivity contribution is -0.145. The molecule has 2 aromatic rings. The number of hydrogen-bond acceptors (Lipinski definition) is 3. The van der Waals surface area contributed by atoms with Crippen LogP contribution >= 0.6 is 0 Å². The number of nitrogens with zero attached hydrogens (tertiary/aromatic N) is 3. The fourth-order valence-corrected chi connectivity index (χ4v) is 3.02. The number of hydrogen-bond donors (Lipinski definition) is 0. The van der Waals surface area contributed by atoms with E-state index in [4.69, 9.17) is 7.85 Å². The highest BCUT2D eigenvalue weighted by Crippen LogP contribution is 2.35. The highest BCUT2D eigenvalue weighted by atomic mass is 32.2. The molecule has 1 heterocycles. The molecule has 0 saturated carbocycles. The van der Waals surface area contributed by atoms with Crippen molar-refractivity contribution in [2.24, 2.45) is 0 Å². The lowest BCUT2D eigenvalue weighted by atomic mass is 9.90. The summed E-state index contributed by atoms with van der Waals surface area (Å²) >= 11 is 0. The van der Waals surface area contributed by atoms with Crippen molar-refractivity contribution in [3.8, 4) is 0 Å². The number of alkyl halides is 6. The Labute approximate surface area is 133 Å². The Morgan fingerprint density at radius 1 is 1.08 bits per heavy atom. The van der Waals surface area contributed by atoms with Gasteiger partial charge in [-0.15, -0.1) is 0 Å². The van der Waals surface area contributed by atoms with Gasteiger partial charge in [-0.3, -0.25) is 0 Å². The monoisotopic (exact) mass is 371 g/mol. The molecule has 0 unspecified atom stereocenters. The molecule has 0 aliphatic rings. The van der Waals surface area contributed by atoms with Gasteiger partial charge >= 0.3 is 22.6 Å². The lowest BCUT2D eigenvalue weighted by Crippen LogP contribution is -2.32. The molecule has 5 nitrogen and oxygen atoms in total. The van der Waals surface area contributed by atoms with E-state index in [0.29, 0.717) is 10.4 Å². The van der Waals surface area contributed by atoms with Gasteiger partial charge in [0.1, 0.15) is 7.85 Å². The zero-order chi connectivity index (χ0) is 18.7. The van der Waals surface area contributed by atoms with Gasteiger partial charge in [0.05, 0.1) is 16.6 Å². The molecule has 0 bridgehead atoms. The third-order valence-electron chi connectivity index (χ3n) is 3.04. The maximum absolute atomic E-state index is 13.1. The van der Waals surface area contributed by atoms with Gasteiger partial charge in [0.2, 0.25) is 5.82 Å². The average molecular weight is 371 g/mol. The third-order valence-corrected chi connectivity index (χ3v) is 4.79. The van der Waals surface area contributed by atoms with Crippen molar-refractivity contribution < 1.29 is 34.8 Å². The molecule has 0 atom stereocenters. The molecule has 0 fully saturated rings. The van der Waals surface area contributed by atoms with E-state index >= 15 is 0 Å². The van der Waals surface area contributed by atoms with Gasteiger partial charge in [-0.1, -0.05) is 5.46 Å². The second-order valence-electron chi connectivity index (χ2n) is 4.91. The highest BCUT2D eigenvalue weighted by Gasteiger charge is 2.42. The largest absolute Gasteiger partial charge is 0.450 e. The molecule has 0 N–H and O–H groups in total. The first-order valence-corrected chi connectivity index (χ1v) is 7.46. The summed E-state index contributed by atoms with van der Waals surface area (Å²) in [6.07, 6.45) is -10.1. The quantitative estimate of drug-likeness (QED) is 0.595. The van der Waals surface area contributed by atoms with Crippen LogP contribution in [0.3, 0.4) is 0 Å². The van der Waals surface area contributed by atoms with Gasteiger partial charge in [0.25, 0.3) is 0 Å². The third kappa shape index (κ3) is 2.97. The molecule has 0 aliphatic heterocycles. The number of imidazole rings is 1. The molecule has 130 valence electrons. The van der Waals surface area contributed by atoms with Crippen molar-refractivity contribution in [2.45, 2.75) is 12.4 Å². The first kappa shape index (κ1) is 18.6. The summed E-state index contributed by atoms with van der Waals surface area (Å²) in [7, 11) is 2.45. The number of aromatic nitrogens is 2. The summed E-state index contributed by atoms with van der Waals surface area (Å²) in [4.78, 5) is 3.02. The minimum atomic E-state index is -5.21. The molecule has 0 saturated heterocycles. The van der Waals surface area contributed by atoms with Crippen LogP contribution in [0.25, 0.3) is 11.0 Å². The van der Waals surface area contributed by atoms with E-state index in [9.17, 15) is 34.8 Å². The fraction of sp³-hybridized carbons (Fsp3) is 0.364. The molecule has 24 heavy (non-hydrogen) atoms. The van der Waals surface area contributed by atoms with Gasteiger partial charge in [-0.2, -0.15) is 39.1 Å². The van der Waals surface area contributed by atoms with Gasteiger partial charge in [-0.05, 0) is 12.1 Å². The van der Waals surface area contributed by atoms with Crippen molar-refractivity contribution in [1.29, 1.82) is 0 Å². The van der Waals surface area contributed by atoms with Crippen LogP contribution in [0.4, 0.5) is 26.3 Å². The Bertz CT molecular complexity index is 901. The van der Waals surface area contributed by atoms with Crippen LogP contribution in [-0.2, 0) is 22.6 Å². The van der Waals surface area contributed by atoms with Crippen molar-refractivity contribution in [3.05, 3.63) is 23.5 Å². The summed E-state index contributed by atoms with van der Waals surface area (Å²) < 4.78 is 102. The second-order valence-corrected chi connectivity index (χ2v) is 6.90. The van der Waals surface area contributed by atoms with E-state index in [1.807, 2.05) is 0 Å². The fourth-order valence-electron chi connectivity index (χ4n) is 1.94. The Morgan fingerprint density at radius 3 is 2.04 bits per heavy atom. The van der Waals surface area contributed by atoms with Crippen LogP contribution in [0.1, 0.15) is 11.4 Å². The minimum absolute atomic E-state index is 0.182. The molecule has 2 radical (unpaired) electrons. The molecule has 1 aromatic carbocycles. The number of rotatable bonds is 2. The smallest absolute Gasteiger partial charge is 0.223 e. The molecule has 2 rings (SSSR count). The summed E-state index contributed by atoms with van der Waals surface area (Å²) in [5.41, 5.74) is -3.83. The lowest BCUT2D eigenvalue weighted by Gasteiger charge is -2.17. The zero-order valence-electron chi connectivity index (χ0n) is 12.1. The predicted octanol–water partition coefficient (Wildman–Crippen LogP) is 1.52. The summed E-state index contributed by atoms with van der Waals surface area (Å²) in [6.45, 7) is 0. The summed E-state index contributed by atoms with van der Waals surface area (Å²) in [6, 6.07) is 0.781. The van der Waals surface area contributed by atoms with Crippen LogP contribution in [0, 0.1) is 0 Å². The average Bonchev–Trinajstić information content (AvgIpc) is 2.75. The topological polar surface area (TPSA) is 55.2 Å². The van der Waals surface area contributed by atoms with Crippen molar-refractivity contribution in [1.82, 2.24) is 13.3 Å². The normalized spacial score (nSPS) is 13.9. The Morgan fingerprint density at radius 2 is 1.62 bits per heavy atom. The molecule has 1 aromatic heterocycles. The van der Waals surface area contributed by atoms with E-state index < -0.39 is 50.4 Å². The molecular weight excluding hydrogens is 363 g/mol. The number of halogens is 6. The van der Waals surface area contributed by atoms with Gasteiger partial charge in [0, 0.05) is 14.1 Å². The van der Waals surface area contributed by atoms with Crippen LogP contribution < -0.4 is 5.46 Å². The number of benzene rings is 1. The SMILES string of the molecule is [B]c1cc2c(cc1C(F)(F)F)nc(C(F)(F)F)n2S(=O)(=O)N(C)C. The minimum Gasteiger partial charge on any atom is -0.223 e. The molecule has 13 heteroatoms. The Kier molecular flexibility index (Phi) is 4.16. The molecular formula is C11H8BF6N3O2S. The molecule has 0 amide bonds. The second kappa shape index (κ2) is 5.38. The van der Waals surface area contributed by atoms with Gasteiger partial charge in [0.15, 0.2) is 0 Å². The highest BCUT2D eigenvalue weighted by molar-refractivity contribution is 7.87. The molecule has 0 aliphatic carbocycles. The van der Waals surface area contributed by atoms with E-state index in [0.717, 1.165) is 14.1 Å². The van der Waals surface area contributed by atoms with Crippen molar-refractivity contribution >= 4 is 34.6 Å². The van der Waals surface area contributed by atoms with Gasteiger partial charge < -0.3 is 0 Å². The maximum Gasteiger partial charge on any atom is 0.450 e. The van der Waals surface area contributed by atoms with E-state index in [1.54, 1.807) is 0 Å². The van der Waals surface area contributed by atoms with E-state index in [-0.39, 0.29) is 10.0 Å². The van der Waals surface area contributed by atoms with Crippen LogP contribution in [0.5, 0.6) is 0 Å². The van der Waals surface area contributed by atoms with Crippen LogP contribution in [0.15, 0.2) is 12.1 Å². The Hall–Kier alpha value is -1.76. The van der Waals surface area contributed by atoms with Gasteiger partial charge in [-0.25, -0.2) is 8.96 Å². The first-order valence-electron chi connectivity index (χ1n) is 6.06. The predicted molar refractivity (Wildman–Crippen MR) is 73.1 cm³/mol. The van der Waals surface area contributed by atoms with Crippen molar-refractivity contribution in [2.75, 3.05) is 14.1 Å². The molecule has 0 spiro atoms. The van der Waals surface area contributed by atoms with E-state index in [1.165, 1.54) is 0 Å².